The molecule has 0 spiro atoms. The normalized spacial score (nSPS) is 20.4. The van der Waals surface area contributed by atoms with E-state index < -0.39 is 6.36 Å². The molecule has 1 unspecified atom stereocenters. The van der Waals surface area contributed by atoms with E-state index in [0.29, 0.717) is 19.4 Å². The maximum Gasteiger partial charge on any atom is 0.573 e. The Hall–Kier alpha value is -1.72. The second-order valence-electron chi connectivity index (χ2n) is 4.16. The first-order chi connectivity index (χ1) is 8.44. The minimum atomic E-state index is -4.68. The molecule has 0 bridgehead atoms. The van der Waals surface area contributed by atoms with Crippen molar-refractivity contribution >= 4 is 5.91 Å². The molecule has 0 aliphatic carbocycles. The van der Waals surface area contributed by atoms with Crippen LogP contribution in [0.25, 0.3) is 0 Å². The van der Waals surface area contributed by atoms with Crippen LogP contribution in [-0.4, -0.2) is 18.8 Å². The zero-order valence-corrected chi connectivity index (χ0v) is 9.46. The van der Waals surface area contributed by atoms with Crippen molar-refractivity contribution in [1.82, 2.24) is 5.32 Å². The van der Waals surface area contributed by atoms with Crippen LogP contribution in [0, 0.1) is 0 Å². The number of rotatable bonds is 2. The van der Waals surface area contributed by atoms with Gasteiger partial charge in [-0.3, -0.25) is 4.79 Å². The topological polar surface area (TPSA) is 38.3 Å². The van der Waals surface area contributed by atoms with Gasteiger partial charge in [-0.2, -0.15) is 0 Å². The fourth-order valence-electron chi connectivity index (χ4n) is 1.98. The Morgan fingerprint density at radius 2 is 2.11 bits per heavy atom. The van der Waals surface area contributed by atoms with Crippen LogP contribution in [0.5, 0.6) is 5.75 Å². The number of piperidine rings is 1. The number of halogens is 3. The molecule has 1 heterocycles. The maximum atomic E-state index is 12.1. The predicted octanol–water partition coefficient (Wildman–Crippen LogP) is 2.58. The molecular formula is C12H12F3NO2. The summed E-state index contributed by atoms with van der Waals surface area (Å²) >= 11 is 0. The highest BCUT2D eigenvalue weighted by molar-refractivity contribution is 5.76. The van der Waals surface area contributed by atoms with E-state index in [0.717, 1.165) is 5.56 Å². The monoisotopic (exact) mass is 259 g/mol. The average Bonchev–Trinajstić information content (AvgIpc) is 2.28. The third kappa shape index (κ3) is 3.38. The molecule has 1 atom stereocenters. The van der Waals surface area contributed by atoms with Gasteiger partial charge in [0.15, 0.2) is 0 Å². The van der Waals surface area contributed by atoms with Gasteiger partial charge >= 0.3 is 6.36 Å². The fraction of sp³-hybridized carbons (Fsp3) is 0.417. The number of amides is 1. The molecule has 1 amide bonds. The number of nitrogens with one attached hydrogen (secondary N) is 1. The van der Waals surface area contributed by atoms with Gasteiger partial charge in [-0.05, 0) is 24.1 Å². The van der Waals surface area contributed by atoms with E-state index in [1.54, 1.807) is 6.07 Å². The third-order valence-electron chi connectivity index (χ3n) is 2.83. The predicted molar refractivity (Wildman–Crippen MR) is 58.1 cm³/mol. The summed E-state index contributed by atoms with van der Waals surface area (Å²) in [6.07, 6.45) is -3.64. The molecule has 1 aliphatic heterocycles. The largest absolute Gasteiger partial charge is 0.573 e. The van der Waals surface area contributed by atoms with Crippen LogP contribution in [0.15, 0.2) is 24.3 Å². The van der Waals surface area contributed by atoms with Gasteiger partial charge in [0.05, 0.1) is 0 Å². The van der Waals surface area contributed by atoms with Crippen LogP contribution in [0.4, 0.5) is 13.2 Å². The summed E-state index contributed by atoms with van der Waals surface area (Å²) in [7, 11) is 0. The number of benzene rings is 1. The van der Waals surface area contributed by atoms with Gasteiger partial charge < -0.3 is 10.1 Å². The molecular weight excluding hydrogens is 247 g/mol. The maximum absolute atomic E-state index is 12.1. The molecule has 3 nitrogen and oxygen atoms in total. The summed E-state index contributed by atoms with van der Waals surface area (Å²) in [5, 5.41) is 2.70. The number of hydrogen-bond acceptors (Lipinski definition) is 2. The van der Waals surface area contributed by atoms with Gasteiger partial charge in [-0.25, -0.2) is 0 Å². The lowest BCUT2D eigenvalue weighted by Gasteiger charge is -2.23. The van der Waals surface area contributed by atoms with Gasteiger partial charge in [-0.1, -0.05) is 12.1 Å². The molecule has 0 radical (unpaired) electrons. The van der Waals surface area contributed by atoms with Crippen molar-refractivity contribution in [2.75, 3.05) is 6.54 Å². The SMILES string of the molecule is O=C1CCC(c2cccc(OC(F)(F)F)c2)CN1. The first kappa shape index (κ1) is 12.7. The first-order valence-electron chi connectivity index (χ1n) is 5.56. The van der Waals surface area contributed by atoms with Gasteiger partial charge in [0, 0.05) is 18.9 Å². The zero-order valence-electron chi connectivity index (χ0n) is 9.46. The van der Waals surface area contributed by atoms with Gasteiger partial charge in [0.25, 0.3) is 0 Å². The van der Waals surface area contributed by atoms with Crippen LogP contribution in [-0.2, 0) is 4.79 Å². The molecule has 1 N–H and O–H groups in total. The van der Waals surface area contributed by atoms with E-state index in [9.17, 15) is 18.0 Å². The van der Waals surface area contributed by atoms with Crippen molar-refractivity contribution < 1.29 is 22.7 Å². The van der Waals surface area contributed by atoms with Crippen molar-refractivity contribution in [2.45, 2.75) is 25.1 Å². The van der Waals surface area contributed by atoms with E-state index >= 15 is 0 Å². The van der Waals surface area contributed by atoms with Crippen LogP contribution < -0.4 is 10.1 Å². The van der Waals surface area contributed by atoms with Gasteiger partial charge in [0.2, 0.25) is 5.91 Å². The Morgan fingerprint density at radius 1 is 1.33 bits per heavy atom. The Balaban J connectivity index is 2.09. The van der Waals surface area contributed by atoms with E-state index in [2.05, 4.69) is 10.1 Å². The number of ether oxygens (including phenoxy) is 1. The quantitative estimate of drug-likeness (QED) is 0.886. The summed E-state index contributed by atoms with van der Waals surface area (Å²) in [5.74, 6) is -0.203. The van der Waals surface area contributed by atoms with Gasteiger partial charge in [-0.15, -0.1) is 13.2 Å². The van der Waals surface area contributed by atoms with Crippen molar-refractivity contribution in [3.63, 3.8) is 0 Å². The highest BCUT2D eigenvalue weighted by Gasteiger charge is 2.31. The lowest BCUT2D eigenvalue weighted by molar-refractivity contribution is -0.274. The van der Waals surface area contributed by atoms with Crippen molar-refractivity contribution in [3.8, 4) is 5.75 Å². The summed E-state index contributed by atoms with van der Waals surface area (Å²) < 4.78 is 40.1. The zero-order chi connectivity index (χ0) is 13.2. The second kappa shape index (κ2) is 4.88. The smallest absolute Gasteiger partial charge is 0.406 e. The second-order valence-corrected chi connectivity index (χ2v) is 4.16. The van der Waals surface area contributed by atoms with E-state index in [4.69, 9.17) is 0 Å². The van der Waals surface area contributed by atoms with Crippen LogP contribution >= 0.6 is 0 Å². The Kier molecular flexibility index (Phi) is 3.45. The molecule has 1 aliphatic rings. The highest BCUT2D eigenvalue weighted by atomic mass is 19.4. The standard InChI is InChI=1S/C12H12F3NO2/c13-12(14,15)18-10-3-1-2-8(6-10)9-4-5-11(17)16-7-9/h1-3,6,9H,4-5,7H2,(H,16,17). The number of carbonyl (C=O) groups is 1. The molecule has 98 valence electrons. The van der Waals surface area contributed by atoms with E-state index in [1.165, 1.54) is 18.2 Å². The third-order valence-corrected chi connectivity index (χ3v) is 2.83. The molecule has 1 fully saturated rings. The number of alkyl halides is 3. The van der Waals surface area contributed by atoms with Crippen molar-refractivity contribution in [2.24, 2.45) is 0 Å². The van der Waals surface area contributed by atoms with Crippen LogP contribution in [0.1, 0.15) is 24.3 Å². The van der Waals surface area contributed by atoms with E-state index in [-0.39, 0.29) is 17.6 Å². The van der Waals surface area contributed by atoms with Crippen LogP contribution in [0.2, 0.25) is 0 Å². The highest BCUT2D eigenvalue weighted by Crippen LogP contribution is 2.29. The lowest BCUT2D eigenvalue weighted by atomic mass is 9.91. The van der Waals surface area contributed by atoms with Crippen molar-refractivity contribution in [1.29, 1.82) is 0 Å². The van der Waals surface area contributed by atoms with Crippen molar-refractivity contribution in [3.05, 3.63) is 29.8 Å². The number of hydrogen-bond donors (Lipinski definition) is 1. The molecule has 6 heteroatoms. The minimum Gasteiger partial charge on any atom is -0.406 e. The number of carbonyl (C=O) groups excluding carboxylic acids is 1. The lowest BCUT2D eigenvalue weighted by Crippen LogP contribution is -2.33. The fourth-order valence-corrected chi connectivity index (χ4v) is 1.98. The molecule has 1 saturated heterocycles. The molecule has 0 saturated carbocycles. The van der Waals surface area contributed by atoms with Crippen LogP contribution in [0.3, 0.4) is 0 Å². The first-order valence-corrected chi connectivity index (χ1v) is 5.56. The molecule has 1 aromatic rings. The average molecular weight is 259 g/mol. The molecule has 18 heavy (non-hydrogen) atoms. The Bertz CT molecular complexity index is 435. The molecule has 0 aromatic heterocycles. The minimum absolute atomic E-state index is 0.0195. The van der Waals surface area contributed by atoms with Gasteiger partial charge in [0.1, 0.15) is 5.75 Å². The summed E-state index contributed by atoms with van der Waals surface area (Å²) in [4.78, 5) is 11.0. The van der Waals surface area contributed by atoms with E-state index in [1.807, 2.05) is 0 Å². The summed E-state index contributed by atoms with van der Waals surface area (Å²) in [6, 6.07) is 5.90. The summed E-state index contributed by atoms with van der Waals surface area (Å²) in [5.41, 5.74) is 0.747. The molecule has 2 rings (SSSR count). The Morgan fingerprint density at radius 3 is 2.72 bits per heavy atom. The Labute approximate surface area is 102 Å². The summed E-state index contributed by atoms with van der Waals surface area (Å²) in [6.45, 7) is 0.453. The molecule has 1 aromatic carbocycles.